The second-order valence-electron chi connectivity index (χ2n) is 4.90. The fourth-order valence-corrected chi connectivity index (χ4v) is 3.83. The van der Waals surface area contributed by atoms with E-state index in [0.29, 0.717) is 10.8 Å². The van der Waals surface area contributed by atoms with Crippen LogP contribution in [0.25, 0.3) is 0 Å². The van der Waals surface area contributed by atoms with E-state index in [4.69, 9.17) is 11.6 Å². The Morgan fingerprint density at radius 3 is 2.56 bits per heavy atom. The number of carbonyl (C=O) groups excluding carboxylic acids is 1. The van der Waals surface area contributed by atoms with E-state index in [1.807, 2.05) is 0 Å². The number of sulfonamides is 1. The minimum atomic E-state index is -3.85. The van der Waals surface area contributed by atoms with Gasteiger partial charge in [-0.3, -0.25) is 14.8 Å². The summed E-state index contributed by atoms with van der Waals surface area (Å²) in [5.41, 5.74) is 0.471. The van der Waals surface area contributed by atoms with Crippen LogP contribution in [0.15, 0.2) is 65.0 Å². The van der Waals surface area contributed by atoms with Gasteiger partial charge in [-0.05, 0) is 30.3 Å². The number of amides is 1. The zero-order valence-corrected chi connectivity index (χ0v) is 15.0. The third-order valence-electron chi connectivity index (χ3n) is 3.17. The molecule has 2 N–H and O–H groups in total. The SMILES string of the molecule is O=C(Nc1nccs1)c1cc(S(=O)(=O)Nc2ccccc2)ccc1Cl. The van der Waals surface area contributed by atoms with Crippen LogP contribution in [0.4, 0.5) is 10.8 Å². The second-order valence-corrected chi connectivity index (χ2v) is 7.89. The first kappa shape index (κ1) is 17.4. The molecule has 0 fully saturated rings. The van der Waals surface area contributed by atoms with Gasteiger partial charge in [0.2, 0.25) is 0 Å². The van der Waals surface area contributed by atoms with Crippen molar-refractivity contribution in [3.8, 4) is 0 Å². The monoisotopic (exact) mass is 393 g/mol. The number of hydrogen-bond acceptors (Lipinski definition) is 5. The molecule has 0 aliphatic heterocycles. The summed E-state index contributed by atoms with van der Waals surface area (Å²) in [5.74, 6) is -0.531. The molecule has 1 heterocycles. The third-order valence-corrected chi connectivity index (χ3v) is 5.57. The van der Waals surface area contributed by atoms with Gasteiger partial charge in [0.1, 0.15) is 0 Å². The Morgan fingerprint density at radius 1 is 1.12 bits per heavy atom. The van der Waals surface area contributed by atoms with Crippen molar-refractivity contribution < 1.29 is 13.2 Å². The molecule has 0 unspecified atom stereocenters. The molecule has 0 bridgehead atoms. The van der Waals surface area contributed by atoms with Crippen LogP contribution in [0.5, 0.6) is 0 Å². The Bertz CT molecular complexity index is 991. The van der Waals surface area contributed by atoms with Crippen LogP contribution in [0.3, 0.4) is 0 Å². The van der Waals surface area contributed by atoms with Gasteiger partial charge in [0.05, 0.1) is 15.5 Å². The number of nitrogens with zero attached hydrogens (tertiary/aromatic N) is 1. The first-order valence-corrected chi connectivity index (χ1v) is 9.78. The minimum absolute atomic E-state index is 0.0489. The van der Waals surface area contributed by atoms with E-state index in [-0.39, 0.29) is 15.5 Å². The fraction of sp³-hybridized carbons (Fsp3) is 0. The van der Waals surface area contributed by atoms with Gasteiger partial charge in [0, 0.05) is 17.3 Å². The van der Waals surface area contributed by atoms with Crippen molar-refractivity contribution in [2.75, 3.05) is 10.0 Å². The highest BCUT2D eigenvalue weighted by Gasteiger charge is 2.19. The van der Waals surface area contributed by atoms with Gasteiger partial charge in [-0.2, -0.15) is 0 Å². The van der Waals surface area contributed by atoms with E-state index < -0.39 is 15.9 Å². The Hall–Kier alpha value is -2.42. The quantitative estimate of drug-likeness (QED) is 0.689. The summed E-state index contributed by atoms with van der Waals surface area (Å²) in [4.78, 5) is 16.2. The van der Waals surface area contributed by atoms with Crippen LogP contribution in [0.1, 0.15) is 10.4 Å². The molecule has 0 aliphatic carbocycles. The van der Waals surface area contributed by atoms with Crippen LogP contribution >= 0.6 is 22.9 Å². The summed E-state index contributed by atoms with van der Waals surface area (Å²) >= 11 is 7.30. The molecule has 0 saturated carbocycles. The van der Waals surface area contributed by atoms with Crippen LogP contribution in [-0.4, -0.2) is 19.3 Å². The van der Waals surface area contributed by atoms with Crippen molar-refractivity contribution in [1.29, 1.82) is 0 Å². The molecule has 0 spiro atoms. The lowest BCUT2D eigenvalue weighted by atomic mass is 10.2. The van der Waals surface area contributed by atoms with Crippen LogP contribution in [0, 0.1) is 0 Å². The molecule has 0 aliphatic rings. The third kappa shape index (κ3) is 4.16. The molecule has 6 nitrogen and oxygen atoms in total. The van der Waals surface area contributed by atoms with Crippen LogP contribution < -0.4 is 10.0 Å². The van der Waals surface area contributed by atoms with Crippen LogP contribution in [0.2, 0.25) is 5.02 Å². The summed E-state index contributed by atoms with van der Waals surface area (Å²) < 4.78 is 27.5. The molecule has 25 heavy (non-hydrogen) atoms. The lowest BCUT2D eigenvalue weighted by Crippen LogP contribution is -2.16. The van der Waals surface area contributed by atoms with Gasteiger partial charge >= 0.3 is 0 Å². The number of para-hydroxylation sites is 1. The first-order valence-electron chi connectivity index (χ1n) is 7.04. The number of hydrogen-bond donors (Lipinski definition) is 2. The van der Waals surface area contributed by atoms with Crippen molar-refractivity contribution >= 4 is 49.7 Å². The smallest absolute Gasteiger partial charge is 0.261 e. The maximum atomic E-state index is 12.5. The zero-order valence-electron chi connectivity index (χ0n) is 12.6. The number of carbonyl (C=O) groups is 1. The van der Waals surface area contributed by atoms with E-state index in [9.17, 15) is 13.2 Å². The number of aromatic nitrogens is 1. The predicted molar refractivity (Wildman–Crippen MR) is 98.8 cm³/mol. The maximum Gasteiger partial charge on any atom is 0.261 e. The van der Waals surface area contributed by atoms with Crippen LogP contribution in [-0.2, 0) is 10.0 Å². The number of halogens is 1. The normalized spacial score (nSPS) is 11.1. The standard InChI is InChI=1S/C16H12ClN3O3S2/c17-14-7-6-12(25(22,23)20-11-4-2-1-3-5-11)10-13(14)15(21)19-16-18-8-9-24-16/h1-10,20H,(H,18,19,21). The van der Waals surface area contributed by atoms with E-state index in [1.54, 1.807) is 41.9 Å². The van der Waals surface area contributed by atoms with Crippen molar-refractivity contribution in [2.24, 2.45) is 0 Å². The molecule has 1 amide bonds. The van der Waals surface area contributed by atoms with Gasteiger partial charge in [0.15, 0.2) is 5.13 Å². The Kier molecular flexibility index (Phi) is 5.03. The lowest BCUT2D eigenvalue weighted by Gasteiger charge is -2.10. The Balaban J connectivity index is 1.89. The molecule has 128 valence electrons. The number of rotatable bonds is 5. The van der Waals surface area contributed by atoms with E-state index in [1.165, 1.54) is 29.5 Å². The number of nitrogens with one attached hydrogen (secondary N) is 2. The maximum absolute atomic E-state index is 12.5. The van der Waals surface area contributed by atoms with Crippen molar-refractivity contribution in [3.05, 3.63) is 70.7 Å². The van der Waals surface area contributed by atoms with Gasteiger partial charge in [0.25, 0.3) is 15.9 Å². The summed E-state index contributed by atoms with van der Waals surface area (Å²) in [6, 6.07) is 12.4. The highest BCUT2D eigenvalue weighted by Crippen LogP contribution is 2.24. The molecule has 0 atom stereocenters. The largest absolute Gasteiger partial charge is 0.298 e. The number of benzene rings is 2. The molecule has 0 radical (unpaired) electrons. The molecule has 2 aromatic carbocycles. The molecular formula is C16H12ClN3O3S2. The predicted octanol–water partition coefficient (Wildman–Crippen LogP) is 3.85. The van der Waals surface area contributed by atoms with Crippen molar-refractivity contribution in [1.82, 2.24) is 4.98 Å². The lowest BCUT2D eigenvalue weighted by molar-refractivity contribution is 0.102. The number of thiazole rings is 1. The fourth-order valence-electron chi connectivity index (χ4n) is 2.02. The molecular weight excluding hydrogens is 382 g/mol. The van der Waals surface area contributed by atoms with Gasteiger partial charge < -0.3 is 0 Å². The van der Waals surface area contributed by atoms with E-state index in [2.05, 4.69) is 15.0 Å². The first-order chi connectivity index (χ1) is 12.0. The van der Waals surface area contributed by atoms with Crippen molar-refractivity contribution in [2.45, 2.75) is 4.90 Å². The highest BCUT2D eigenvalue weighted by atomic mass is 35.5. The molecule has 0 saturated heterocycles. The van der Waals surface area contributed by atoms with Gasteiger partial charge in [-0.25, -0.2) is 13.4 Å². The molecule has 9 heteroatoms. The number of anilines is 2. The summed E-state index contributed by atoms with van der Waals surface area (Å²) in [6.45, 7) is 0. The topological polar surface area (TPSA) is 88.2 Å². The van der Waals surface area contributed by atoms with Gasteiger partial charge in [-0.1, -0.05) is 29.8 Å². The average Bonchev–Trinajstić information content (AvgIpc) is 3.08. The Labute approximate surface area is 153 Å². The zero-order chi connectivity index (χ0) is 17.9. The van der Waals surface area contributed by atoms with Crippen molar-refractivity contribution in [3.63, 3.8) is 0 Å². The average molecular weight is 394 g/mol. The molecule has 1 aromatic heterocycles. The molecule has 3 rings (SSSR count). The summed E-state index contributed by atoms with van der Waals surface area (Å²) in [5, 5.41) is 4.83. The van der Waals surface area contributed by atoms with E-state index >= 15 is 0 Å². The summed E-state index contributed by atoms with van der Waals surface area (Å²) in [7, 11) is -3.85. The summed E-state index contributed by atoms with van der Waals surface area (Å²) in [6.07, 6.45) is 1.55. The van der Waals surface area contributed by atoms with E-state index in [0.717, 1.165) is 0 Å². The molecule has 3 aromatic rings. The second kappa shape index (κ2) is 7.22. The minimum Gasteiger partial charge on any atom is -0.298 e. The Morgan fingerprint density at radius 2 is 1.88 bits per heavy atom. The van der Waals surface area contributed by atoms with Gasteiger partial charge in [-0.15, -0.1) is 11.3 Å². The highest BCUT2D eigenvalue weighted by molar-refractivity contribution is 7.92.